The summed E-state index contributed by atoms with van der Waals surface area (Å²) in [6, 6.07) is 4.81. The van der Waals surface area contributed by atoms with Crippen LogP contribution in [0.3, 0.4) is 0 Å². The molecule has 0 aliphatic heterocycles. The molecule has 5 nitrogen and oxygen atoms in total. The number of hydrogen-bond donors (Lipinski definition) is 3. The number of hydrogen-bond acceptors (Lipinski definition) is 3. The normalized spacial score (nSPS) is 10.1. The molecule has 0 saturated carbocycles. The number of halogens is 2. The fraction of sp³-hybridized carbons (Fsp3) is 0.333. The lowest BCUT2D eigenvalue weighted by Crippen LogP contribution is -2.14. The highest BCUT2D eigenvalue weighted by molar-refractivity contribution is 6.35. The molecule has 2 amide bonds. The van der Waals surface area contributed by atoms with Crippen LogP contribution in [-0.2, 0) is 9.59 Å². The first kappa shape index (κ1) is 15.8. The van der Waals surface area contributed by atoms with Gasteiger partial charge in [0.05, 0.1) is 10.7 Å². The first-order chi connectivity index (χ1) is 9.06. The van der Waals surface area contributed by atoms with Crippen molar-refractivity contribution in [1.82, 2.24) is 0 Å². The van der Waals surface area contributed by atoms with Crippen LogP contribution in [0.5, 0.6) is 0 Å². The molecule has 104 valence electrons. The molecule has 19 heavy (non-hydrogen) atoms. The van der Waals surface area contributed by atoms with Crippen LogP contribution < -0.4 is 16.4 Å². The Kier molecular flexibility index (Phi) is 6.62. The van der Waals surface area contributed by atoms with Gasteiger partial charge in [-0.1, -0.05) is 11.6 Å². The summed E-state index contributed by atoms with van der Waals surface area (Å²) in [6.07, 6.45) is 0.988. The number of rotatable bonds is 6. The minimum Gasteiger partial charge on any atom is -0.330 e. The summed E-state index contributed by atoms with van der Waals surface area (Å²) in [5.74, 6) is -0.615. The van der Waals surface area contributed by atoms with Gasteiger partial charge in [0, 0.05) is 12.1 Å². The van der Waals surface area contributed by atoms with Crippen LogP contribution in [0.1, 0.15) is 12.8 Å². The van der Waals surface area contributed by atoms with Gasteiger partial charge in [-0.3, -0.25) is 9.59 Å². The predicted molar refractivity (Wildman–Crippen MR) is 77.7 cm³/mol. The molecule has 1 aromatic carbocycles. The summed E-state index contributed by atoms with van der Waals surface area (Å²) in [5, 5.41) is 5.57. The summed E-state index contributed by atoms with van der Waals surface area (Å²) in [4.78, 5) is 22.6. The molecule has 0 bridgehead atoms. The van der Waals surface area contributed by atoms with E-state index < -0.39 is 0 Å². The Morgan fingerprint density at radius 3 is 2.53 bits per heavy atom. The summed E-state index contributed by atoms with van der Waals surface area (Å²) in [7, 11) is 0. The molecule has 1 aromatic rings. The number of benzene rings is 1. The van der Waals surface area contributed by atoms with Crippen LogP contribution in [0.2, 0.25) is 5.02 Å². The molecule has 0 heterocycles. The smallest absolute Gasteiger partial charge is 0.239 e. The lowest BCUT2D eigenvalue weighted by molar-refractivity contribution is -0.116. The minimum absolute atomic E-state index is 0.126. The Hall–Kier alpha value is -1.30. The number of nitrogens with one attached hydrogen (secondary N) is 2. The quantitative estimate of drug-likeness (QED) is 0.704. The molecule has 4 N–H and O–H groups in total. The van der Waals surface area contributed by atoms with Gasteiger partial charge in [-0.25, -0.2) is 0 Å². The molecule has 0 aromatic heterocycles. The van der Waals surface area contributed by atoms with Gasteiger partial charge in [0.25, 0.3) is 0 Å². The molecule has 0 atom stereocenters. The molecular formula is C12H15Cl2N3O2. The highest BCUT2D eigenvalue weighted by atomic mass is 35.5. The summed E-state index contributed by atoms with van der Waals surface area (Å²) in [5.41, 5.74) is 6.34. The Bertz CT molecular complexity index is 466. The fourth-order valence-corrected chi connectivity index (χ4v) is 1.66. The number of anilines is 2. The zero-order chi connectivity index (χ0) is 14.3. The Morgan fingerprint density at radius 2 is 1.95 bits per heavy atom. The Morgan fingerprint density at radius 1 is 1.21 bits per heavy atom. The maximum Gasteiger partial charge on any atom is 0.239 e. The van der Waals surface area contributed by atoms with E-state index >= 15 is 0 Å². The van der Waals surface area contributed by atoms with E-state index in [9.17, 15) is 9.59 Å². The highest BCUT2D eigenvalue weighted by Gasteiger charge is 2.07. The lowest BCUT2D eigenvalue weighted by atomic mass is 10.2. The summed E-state index contributed by atoms with van der Waals surface area (Å²) < 4.78 is 0. The minimum atomic E-state index is -0.344. The molecule has 0 spiro atoms. The van der Waals surface area contributed by atoms with Crippen LogP contribution in [-0.4, -0.2) is 24.2 Å². The van der Waals surface area contributed by atoms with Gasteiger partial charge in [-0.05, 0) is 31.2 Å². The van der Waals surface area contributed by atoms with E-state index in [1.807, 2.05) is 0 Å². The molecule has 0 aliphatic carbocycles. The molecular weight excluding hydrogens is 289 g/mol. The zero-order valence-electron chi connectivity index (χ0n) is 10.2. The maximum absolute atomic E-state index is 11.5. The average Bonchev–Trinajstić information content (AvgIpc) is 2.39. The molecule has 0 unspecified atom stereocenters. The second-order valence-electron chi connectivity index (χ2n) is 3.82. The van der Waals surface area contributed by atoms with Gasteiger partial charge in [-0.15, -0.1) is 11.6 Å². The number of amides is 2. The third-order valence-corrected chi connectivity index (χ3v) is 2.81. The van der Waals surface area contributed by atoms with Crippen molar-refractivity contribution in [2.75, 3.05) is 23.1 Å². The van der Waals surface area contributed by atoms with Crippen molar-refractivity contribution in [3.05, 3.63) is 23.2 Å². The fourth-order valence-electron chi connectivity index (χ4n) is 1.36. The summed E-state index contributed by atoms with van der Waals surface area (Å²) in [6.45, 7) is 0.470. The lowest BCUT2D eigenvalue weighted by Gasteiger charge is -2.09. The van der Waals surface area contributed by atoms with E-state index in [4.69, 9.17) is 28.9 Å². The van der Waals surface area contributed by atoms with E-state index in [-0.39, 0.29) is 17.7 Å². The first-order valence-electron chi connectivity index (χ1n) is 5.72. The Balaban J connectivity index is 2.66. The van der Waals surface area contributed by atoms with Crippen LogP contribution in [0.4, 0.5) is 11.4 Å². The van der Waals surface area contributed by atoms with E-state index in [2.05, 4.69) is 10.6 Å². The van der Waals surface area contributed by atoms with Crippen LogP contribution >= 0.6 is 23.2 Å². The summed E-state index contributed by atoms with van der Waals surface area (Å²) >= 11 is 11.4. The Labute approximate surface area is 121 Å². The molecule has 0 fully saturated rings. The molecule has 0 radical (unpaired) electrons. The number of nitrogens with two attached hydrogens (primary N) is 1. The third-order valence-electron chi connectivity index (χ3n) is 2.26. The third kappa shape index (κ3) is 5.46. The van der Waals surface area contributed by atoms with Crippen molar-refractivity contribution in [3.63, 3.8) is 0 Å². The highest BCUT2D eigenvalue weighted by Crippen LogP contribution is 2.25. The predicted octanol–water partition coefficient (Wildman–Crippen LogP) is 2.19. The van der Waals surface area contributed by atoms with Crippen molar-refractivity contribution in [2.45, 2.75) is 12.8 Å². The van der Waals surface area contributed by atoms with Gasteiger partial charge in [0.15, 0.2) is 0 Å². The van der Waals surface area contributed by atoms with Gasteiger partial charge >= 0.3 is 0 Å². The number of carbonyl (C=O) groups excluding carboxylic acids is 2. The number of alkyl halides is 1. The number of carbonyl (C=O) groups is 2. The van der Waals surface area contributed by atoms with Crippen molar-refractivity contribution in [2.24, 2.45) is 5.73 Å². The first-order valence-corrected chi connectivity index (χ1v) is 6.63. The van der Waals surface area contributed by atoms with E-state index in [1.54, 1.807) is 18.2 Å². The molecule has 0 aliphatic rings. The van der Waals surface area contributed by atoms with E-state index in [0.717, 1.165) is 0 Å². The molecule has 1 rings (SSSR count). The molecule has 0 saturated heterocycles. The van der Waals surface area contributed by atoms with Gasteiger partial charge < -0.3 is 16.4 Å². The van der Waals surface area contributed by atoms with Crippen molar-refractivity contribution >= 4 is 46.4 Å². The topological polar surface area (TPSA) is 84.2 Å². The van der Waals surface area contributed by atoms with Crippen molar-refractivity contribution in [3.8, 4) is 0 Å². The van der Waals surface area contributed by atoms with E-state index in [0.29, 0.717) is 35.8 Å². The second-order valence-corrected chi connectivity index (χ2v) is 4.49. The van der Waals surface area contributed by atoms with Crippen LogP contribution in [0, 0.1) is 0 Å². The van der Waals surface area contributed by atoms with Gasteiger partial charge in [0.2, 0.25) is 11.8 Å². The van der Waals surface area contributed by atoms with E-state index in [1.165, 1.54) is 0 Å². The van der Waals surface area contributed by atoms with Crippen LogP contribution in [0.25, 0.3) is 0 Å². The van der Waals surface area contributed by atoms with Gasteiger partial charge in [-0.2, -0.15) is 0 Å². The second kappa shape index (κ2) is 7.99. The van der Waals surface area contributed by atoms with Crippen molar-refractivity contribution in [1.29, 1.82) is 0 Å². The largest absolute Gasteiger partial charge is 0.330 e. The zero-order valence-corrected chi connectivity index (χ0v) is 11.7. The van der Waals surface area contributed by atoms with Gasteiger partial charge in [0.1, 0.15) is 5.88 Å². The van der Waals surface area contributed by atoms with Crippen molar-refractivity contribution < 1.29 is 9.59 Å². The average molecular weight is 304 g/mol. The standard InChI is InChI=1S/C12H15Cl2N3O2/c13-7-12(19)17-10-4-3-8(6-9(10)14)16-11(18)2-1-5-15/h3-4,6H,1-2,5,7,15H2,(H,16,18)(H,17,19). The maximum atomic E-state index is 11.5. The SMILES string of the molecule is NCCCC(=O)Nc1ccc(NC(=O)CCl)c(Cl)c1. The monoisotopic (exact) mass is 303 g/mol. The van der Waals surface area contributed by atoms with Crippen LogP contribution in [0.15, 0.2) is 18.2 Å². The molecule has 7 heteroatoms.